The van der Waals surface area contributed by atoms with Crippen LogP contribution in [0.4, 0.5) is 4.79 Å². The predicted octanol–water partition coefficient (Wildman–Crippen LogP) is 2.68. The van der Waals surface area contributed by atoms with Crippen LogP contribution < -0.4 is 0 Å². The molecule has 1 atom stereocenters. The fourth-order valence-electron chi connectivity index (χ4n) is 2.54. The van der Waals surface area contributed by atoms with E-state index in [0.29, 0.717) is 19.4 Å². The van der Waals surface area contributed by atoms with Gasteiger partial charge in [0, 0.05) is 13.1 Å². The standard InChI is InChI=1S/C16H19NO4/c1-2-8-16(14(18)19)9-10-17(12-16)15(20)21-11-13-6-4-3-5-7-13/h2-7H,1,8-12H2,(H,18,19). The maximum Gasteiger partial charge on any atom is 0.410 e. The Morgan fingerprint density at radius 3 is 2.71 bits per heavy atom. The Bertz CT molecular complexity index is 528. The highest BCUT2D eigenvalue weighted by Gasteiger charge is 2.45. The van der Waals surface area contributed by atoms with Crippen LogP contribution in [0, 0.1) is 5.41 Å². The van der Waals surface area contributed by atoms with Gasteiger partial charge in [-0.2, -0.15) is 0 Å². The van der Waals surface area contributed by atoms with Gasteiger partial charge in [-0.25, -0.2) is 4.79 Å². The fourth-order valence-corrected chi connectivity index (χ4v) is 2.54. The van der Waals surface area contributed by atoms with Gasteiger partial charge in [0.1, 0.15) is 6.61 Å². The Labute approximate surface area is 123 Å². The first kappa shape index (κ1) is 15.1. The first-order valence-corrected chi connectivity index (χ1v) is 6.87. The van der Waals surface area contributed by atoms with Crippen molar-refractivity contribution in [3.8, 4) is 0 Å². The van der Waals surface area contributed by atoms with Gasteiger partial charge in [-0.3, -0.25) is 4.79 Å². The number of aliphatic carboxylic acids is 1. The Hall–Kier alpha value is -2.30. The number of ether oxygens (including phenoxy) is 1. The Morgan fingerprint density at radius 2 is 2.10 bits per heavy atom. The summed E-state index contributed by atoms with van der Waals surface area (Å²) >= 11 is 0. The second-order valence-corrected chi connectivity index (χ2v) is 5.29. The van der Waals surface area contributed by atoms with E-state index in [2.05, 4.69) is 6.58 Å². The maximum absolute atomic E-state index is 12.0. The molecule has 0 bridgehead atoms. The first-order valence-electron chi connectivity index (χ1n) is 6.87. The van der Waals surface area contributed by atoms with Crippen LogP contribution >= 0.6 is 0 Å². The monoisotopic (exact) mass is 289 g/mol. The van der Waals surface area contributed by atoms with E-state index < -0.39 is 17.5 Å². The molecule has 112 valence electrons. The largest absolute Gasteiger partial charge is 0.481 e. The highest BCUT2D eigenvalue weighted by molar-refractivity contribution is 5.78. The number of hydrogen-bond acceptors (Lipinski definition) is 3. The van der Waals surface area contributed by atoms with Crippen LogP contribution in [0.25, 0.3) is 0 Å². The second kappa shape index (κ2) is 6.43. The number of likely N-dealkylation sites (tertiary alicyclic amines) is 1. The molecule has 1 aliphatic rings. The minimum atomic E-state index is -0.923. The quantitative estimate of drug-likeness (QED) is 0.846. The minimum Gasteiger partial charge on any atom is -0.481 e. The van der Waals surface area contributed by atoms with E-state index in [4.69, 9.17) is 4.74 Å². The number of carboxylic acids is 1. The summed E-state index contributed by atoms with van der Waals surface area (Å²) in [7, 11) is 0. The zero-order chi connectivity index (χ0) is 15.3. The molecule has 1 aliphatic heterocycles. The molecule has 1 fully saturated rings. The van der Waals surface area contributed by atoms with Crippen molar-refractivity contribution in [1.29, 1.82) is 0 Å². The lowest BCUT2D eigenvalue weighted by Crippen LogP contribution is -2.36. The fraction of sp³-hybridized carbons (Fsp3) is 0.375. The average Bonchev–Trinajstić information content (AvgIpc) is 2.92. The molecule has 21 heavy (non-hydrogen) atoms. The first-order chi connectivity index (χ1) is 10.1. The Kier molecular flexibility index (Phi) is 4.62. The number of nitrogens with zero attached hydrogens (tertiary/aromatic N) is 1. The van der Waals surface area contributed by atoms with Gasteiger partial charge < -0.3 is 14.7 Å². The van der Waals surface area contributed by atoms with Gasteiger partial charge in [-0.05, 0) is 18.4 Å². The van der Waals surface area contributed by atoms with E-state index in [-0.39, 0.29) is 13.2 Å². The van der Waals surface area contributed by atoms with Crippen molar-refractivity contribution < 1.29 is 19.4 Å². The van der Waals surface area contributed by atoms with Crippen molar-refractivity contribution >= 4 is 12.1 Å². The number of rotatable bonds is 5. The highest BCUT2D eigenvalue weighted by Crippen LogP contribution is 2.35. The van der Waals surface area contributed by atoms with Crippen molar-refractivity contribution in [2.45, 2.75) is 19.4 Å². The number of benzene rings is 1. The summed E-state index contributed by atoms with van der Waals surface area (Å²) in [6.07, 6.45) is 1.90. The van der Waals surface area contributed by atoms with Crippen LogP contribution in [0.2, 0.25) is 0 Å². The van der Waals surface area contributed by atoms with Crippen LogP contribution in [0.3, 0.4) is 0 Å². The third-order valence-corrected chi connectivity index (χ3v) is 3.81. The molecule has 1 unspecified atom stereocenters. The van der Waals surface area contributed by atoms with E-state index in [1.807, 2.05) is 30.3 Å². The molecule has 5 heteroatoms. The molecule has 0 radical (unpaired) electrons. The van der Waals surface area contributed by atoms with Crippen molar-refractivity contribution in [3.63, 3.8) is 0 Å². The van der Waals surface area contributed by atoms with Crippen molar-refractivity contribution in [2.24, 2.45) is 5.41 Å². The molecule has 0 aromatic heterocycles. The molecule has 0 saturated carbocycles. The lowest BCUT2D eigenvalue weighted by atomic mass is 9.84. The normalized spacial score (nSPS) is 21.0. The van der Waals surface area contributed by atoms with Crippen LogP contribution in [0.5, 0.6) is 0 Å². The van der Waals surface area contributed by atoms with Crippen molar-refractivity contribution in [2.75, 3.05) is 13.1 Å². The molecule has 5 nitrogen and oxygen atoms in total. The van der Waals surface area contributed by atoms with Crippen LogP contribution in [-0.4, -0.2) is 35.2 Å². The van der Waals surface area contributed by atoms with Crippen LogP contribution in [-0.2, 0) is 16.1 Å². The van der Waals surface area contributed by atoms with Gasteiger partial charge in [-0.15, -0.1) is 6.58 Å². The van der Waals surface area contributed by atoms with Gasteiger partial charge in [0.2, 0.25) is 0 Å². The maximum atomic E-state index is 12.0. The predicted molar refractivity (Wildman–Crippen MR) is 77.7 cm³/mol. The molecule has 2 rings (SSSR count). The summed E-state index contributed by atoms with van der Waals surface area (Å²) < 4.78 is 5.23. The number of carbonyl (C=O) groups excluding carboxylic acids is 1. The van der Waals surface area contributed by atoms with Gasteiger partial charge >= 0.3 is 12.1 Å². The number of carbonyl (C=O) groups is 2. The summed E-state index contributed by atoms with van der Waals surface area (Å²) in [6, 6.07) is 9.38. The summed E-state index contributed by atoms with van der Waals surface area (Å²) in [5.74, 6) is -0.888. The van der Waals surface area contributed by atoms with Gasteiger partial charge in [0.05, 0.1) is 5.41 Å². The molecular formula is C16H19NO4. The lowest BCUT2D eigenvalue weighted by molar-refractivity contribution is -0.147. The molecule has 1 N–H and O–H groups in total. The Morgan fingerprint density at radius 1 is 1.38 bits per heavy atom. The molecule has 1 heterocycles. The van der Waals surface area contributed by atoms with Gasteiger partial charge in [0.25, 0.3) is 0 Å². The third-order valence-electron chi connectivity index (χ3n) is 3.81. The summed E-state index contributed by atoms with van der Waals surface area (Å²) in [5, 5.41) is 9.38. The zero-order valence-electron chi connectivity index (χ0n) is 11.8. The number of carboxylic acid groups (broad SMARTS) is 1. The topological polar surface area (TPSA) is 66.8 Å². The van der Waals surface area contributed by atoms with Gasteiger partial charge in [0.15, 0.2) is 0 Å². The third kappa shape index (κ3) is 3.42. The number of amides is 1. The van der Waals surface area contributed by atoms with Crippen LogP contribution in [0.15, 0.2) is 43.0 Å². The van der Waals surface area contributed by atoms with E-state index in [9.17, 15) is 14.7 Å². The summed E-state index contributed by atoms with van der Waals surface area (Å²) in [6.45, 7) is 4.36. The van der Waals surface area contributed by atoms with Gasteiger partial charge in [-0.1, -0.05) is 36.4 Å². The van der Waals surface area contributed by atoms with Crippen LogP contribution in [0.1, 0.15) is 18.4 Å². The molecule has 0 aliphatic carbocycles. The number of allylic oxidation sites excluding steroid dienone is 1. The summed E-state index contributed by atoms with van der Waals surface area (Å²) in [4.78, 5) is 24.9. The number of hydrogen-bond donors (Lipinski definition) is 1. The van der Waals surface area contributed by atoms with Crippen molar-refractivity contribution in [1.82, 2.24) is 4.90 Å². The van der Waals surface area contributed by atoms with E-state index in [1.165, 1.54) is 4.90 Å². The van der Waals surface area contributed by atoms with Crippen molar-refractivity contribution in [3.05, 3.63) is 48.6 Å². The Balaban J connectivity index is 1.92. The smallest absolute Gasteiger partial charge is 0.410 e. The lowest BCUT2D eigenvalue weighted by Gasteiger charge is -2.23. The van der Waals surface area contributed by atoms with E-state index in [0.717, 1.165) is 5.56 Å². The average molecular weight is 289 g/mol. The van der Waals surface area contributed by atoms with E-state index >= 15 is 0 Å². The van der Waals surface area contributed by atoms with E-state index in [1.54, 1.807) is 6.08 Å². The molecule has 0 spiro atoms. The second-order valence-electron chi connectivity index (χ2n) is 5.29. The summed E-state index contributed by atoms with van der Waals surface area (Å²) in [5.41, 5.74) is -0.0197. The SMILES string of the molecule is C=CCC1(C(=O)O)CCN(C(=O)OCc2ccccc2)C1. The molecular weight excluding hydrogens is 270 g/mol. The molecule has 1 aromatic rings. The zero-order valence-corrected chi connectivity index (χ0v) is 11.8. The molecule has 1 saturated heterocycles. The minimum absolute atomic E-state index is 0.169. The molecule has 1 amide bonds. The molecule has 1 aromatic carbocycles. The highest BCUT2D eigenvalue weighted by atomic mass is 16.6.